The first-order valence-corrected chi connectivity index (χ1v) is 6.19. The number of aliphatic carboxylic acids is 1. The number of hydrogen-bond donors (Lipinski definition) is 1. The largest absolute Gasteiger partial charge is 0.481 e. The number of pyridine rings is 1. The van der Waals surface area contributed by atoms with Gasteiger partial charge in [-0.2, -0.15) is 0 Å². The highest BCUT2D eigenvalue weighted by atomic mass is 32.2. The number of carboxylic acid groups (broad SMARTS) is 1. The molecule has 4 heteroatoms. The maximum atomic E-state index is 10.3. The van der Waals surface area contributed by atoms with Crippen LogP contribution in [0.5, 0.6) is 0 Å². The van der Waals surface area contributed by atoms with Crippen LogP contribution in [0.25, 0.3) is 0 Å². The van der Waals surface area contributed by atoms with Crippen molar-refractivity contribution in [2.75, 3.05) is 5.75 Å². The minimum Gasteiger partial charge on any atom is -0.481 e. The molecule has 0 radical (unpaired) electrons. The Morgan fingerprint density at radius 3 is 2.56 bits per heavy atom. The molecule has 0 fully saturated rings. The fourth-order valence-corrected chi connectivity index (χ4v) is 1.93. The summed E-state index contributed by atoms with van der Waals surface area (Å²) in [6.45, 7) is 6.42. The van der Waals surface area contributed by atoms with Crippen LogP contribution in [0, 0.1) is 0 Å². The van der Waals surface area contributed by atoms with Gasteiger partial charge in [-0.1, -0.05) is 26.8 Å². The van der Waals surface area contributed by atoms with E-state index in [0.29, 0.717) is 5.75 Å². The number of carboxylic acids is 1. The van der Waals surface area contributed by atoms with E-state index in [9.17, 15) is 4.79 Å². The molecule has 0 unspecified atom stereocenters. The van der Waals surface area contributed by atoms with Gasteiger partial charge in [-0.05, 0) is 17.0 Å². The summed E-state index contributed by atoms with van der Waals surface area (Å²) in [7, 11) is 0. The van der Waals surface area contributed by atoms with Crippen LogP contribution in [-0.2, 0) is 10.2 Å². The summed E-state index contributed by atoms with van der Waals surface area (Å²) in [5.74, 6) is -0.198. The summed E-state index contributed by atoms with van der Waals surface area (Å²) in [5.41, 5.74) is 1.30. The summed E-state index contributed by atoms with van der Waals surface area (Å²) in [4.78, 5) is 14.7. The van der Waals surface area contributed by atoms with Crippen molar-refractivity contribution in [2.24, 2.45) is 0 Å². The van der Waals surface area contributed by atoms with Gasteiger partial charge >= 0.3 is 5.97 Å². The van der Waals surface area contributed by atoms with Crippen molar-refractivity contribution in [3.63, 3.8) is 0 Å². The molecule has 1 heterocycles. The second-order valence-corrected chi connectivity index (χ2v) is 5.74. The van der Waals surface area contributed by atoms with E-state index in [1.165, 1.54) is 17.3 Å². The minimum atomic E-state index is -0.765. The van der Waals surface area contributed by atoms with Gasteiger partial charge < -0.3 is 5.11 Å². The highest BCUT2D eigenvalue weighted by Gasteiger charge is 2.13. The van der Waals surface area contributed by atoms with Gasteiger partial charge in [-0.25, -0.2) is 4.98 Å². The number of carbonyl (C=O) groups is 1. The molecule has 3 nitrogen and oxygen atoms in total. The summed E-state index contributed by atoms with van der Waals surface area (Å²) in [6.07, 6.45) is 2.04. The lowest BCUT2D eigenvalue weighted by Gasteiger charge is -2.18. The zero-order valence-electron chi connectivity index (χ0n) is 9.86. The summed E-state index contributed by atoms with van der Waals surface area (Å²) in [5, 5.41) is 9.39. The van der Waals surface area contributed by atoms with E-state index in [1.807, 2.05) is 12.3 Å². The Kier molecular flexibility index (Phi) is 4.35. The lowest BCUT2D eigenvalue weighted by atomic mass is 9.88. The van der Waals surface area contributed by atoms with E-state index in [2.05, 4.69) is 31.8 Å². The quantitative estimate of drug-likeness (QED) is 0.821. The lowest BCUT2D eigenvalue weighted by Crippen LogP contribution is -2.11. The average molecular weight is 239 g/mol. The normalized spacial score (nSPS) is 11.4. The van der Waals surface area contributed by atoms with Crippen LogP contribution in [0.3, 0.4) is 0 Å². The first kappa shape index (κ1) is 13.0. The number of hydrogen-bond acceptors (Lipinski definition) is 3. The summed E-state index contributed by atoms with van der Waals surface area (Å²) in [6, 6.07) is 4.00. The molecule has 1 aromatic heterocycles. The maximum Gasteiger partial charge on any atom is 0.304 e. The number of thioether (sulfide) groups is 1. The zero-order chi connectivity index (χ0) is 12.2. The van der Waals surface area contributed by atoms with Gasteiger partial charge in [0.2, 0.25) is 0 Å². The van der Waals surface area contributed by atoms with Gasteiger partial charge in [-0.3, -0.25) is 4.79 Å². The fourth-order valence-electron chi connectivity index (χ4n) is 1.15. The highest BCUT2D eigenvalue weighted by Crippen LogP contribution is 2.23. The Bertz CT molecular complexity index is 354. The van der Waals surface area contributed by atoms with Crippen molar-refractivity contribution >= 4 is 17.7 Å². The van der Waals surface area contributed by atoms with E-state index in [-0.39, 0.29) is 11.8 Å². The molecule has 1 N–H and O–H groups in total. The van der Waals surface area contributed by atoms with Crippen molar-refractivity contribution in [1.29, 1.82) is 0 Å². The van der Waals surface area contributed by atoms with Crippen LogP contribution in [0.15, 0.2) is 23.4 Å². The molecule has 0 aliphatic rings. The molecule has 0 saturated heterocycles. The maximum absolute atomic E-state index is 10.3. The Morgan fingerprint density at radius 2 is 2.12 bits per heavy atom. The first-order valence-electron chi connectivity index (χ1n) is 5.21. The molecule has 0 aromatic carbocycles. The predicted molar refractivity (Wildman–Crippen MR) is 65.9 cm³/mol. The number of aromatic nitrogens is 1. The van der Waals surface area contributed by atoms with E-state index in [4.69, 9.17) is 5.11 Å². The van der Waals surface area contributed by atoms with Crippen LogP contribution < -0.4 is 0 Å². The zero-order valence-corrected chi connectivity index (χ0v) is 10.7. The molecule has 0 amide bonds. The Hall–Kier alpha value is -1.03. The summed E-state index contributed by atoms with van der Waals surface area (Å²) >= 11 is 1.48. The van der Waals surface area contributed by atoms with Crippen molar-refractivity contribution in [2.45, 2.75) is 37.6 Å². The van der Waals surface area contributed by atoms with Crippen molar-refractivity contribution in [3.05, 3.63) is 23.9 Å². The van der Waals surface area contributed by atoms with E-state index < -0.39 is 5.97 Å². The second-order valence-electron chi connectivity index (χ2n) is 4.63. The molecule has 1 aromatic rings. The summed E-state index contributed by atoms with van der Waals surface area (Å²) < 4.78 is 0. The molecule has 0 saturated carbocycles. The molecule has 88 valence electrons. The van der Waals surface area contributed by atoms with Gasteiger partial charge in [0.15, 0.2) is 0 Å². The van der Waals surface area contributed by atoms with Crippen molar-refractivity contribution < 1.29 is 9.90 Å². The van der Waals surface area contributed by atoms with Crippen LogP contribution >= 0.6 is 11.8 Å². The monoisotopic (exact) mass is 239 g/mol. The Balaban J connectivity index is 2.55. The van der Waals surface area contributed by atoms with Crippen molar-refractivity contribution in [1.82, 2.24) is 4.98 Å². The van der Waals surface area contributed by atoms with Gasteiger partial charge in [0, 0.05) is 11.9 Å². The SMILES string of the molecule is CC(C)(C)c1ccc(SCCC(=O)O)nc1. The standard InChI is InChI=1S/C12H17NO2S/c1-12(2,3)9-4-5-10(13-8-9)16-7-6-11(14)15/h4-5,8H,6-7H2,1-3H3,(H,14,15). The topological polar surface area (TPSA) is 50.2 Å². The lowest BCUT2D eigenvalue weighted by molar-refractivity contribution is -0.136. The molecule has 0 spiro atoms. The minimum absolute atomic E-state index is 0.108. The van der Waals surface area contributed by atoms with Crippen LogP contribution in [-0.4, -0.2) is 21.8 Å². The van der Waals surface area contributed by atoms with Crippen LogP contribution in [0.1, 0.15) is 32.8 Å². The van der Waals surface area contributed by atoms with E-state index in [0.717, 1.165) is 5.03 Å². The third-order valence-corrected chi connectivity index (χ3v) is 3.11. The smallest absolute Gasteiger partial charge is 0.304 e. The molecule has 0 aliphatic carbocycles. The molecule has 0 aliphatic heterocycles. The molecular formula is C12H17NO2S. The average Bonchev–Trinajstić information content (AvgIpc) is 2.16. The van der Waals surface area contributed by atoms with Gasteiger partial charge in [0.25, 0.3) is 0 Å². The van der Waals surface area contributed by atoms with Gasteiger partial charge in [-0.15, -0.1) is 11.8 Å². The number of nitrogens with zero attached hydrogens (tertiary/aromatic N) is 1. The van der Waals surface area contributed by atoms with Gasteiger partial charge in [0.1, 0.15) is 0 Å². The molecule has 16 heavy (non-hydrogen) atoms. The van der Waals surface area contributed by atoms with E-state index in [1.54, 1.807) is 0 Å². The fraction of sp³-hybridized carbons (Fsp3) is 0.500. The molecule has 0 bridgehead atoms. The number of rotatable bonds is 4. The van der Waals surface area contributed by atoms with Crippen molar-refractivity contribution in [3.8, 4) is 0 Å². The third kappa shape index (κ3) is 4.23. The van der Waals surface area contributed by atoms with E-state index >= 15 is 0 Å². The highest BCUT2D eigenvalue weighted by molar-refractivity contribution is 7.99. The van der Waals surface area contributed by atoms with Crippen LogP contribution in [0.4, 0.5) is 0 Å². The third-order valence-electron chi connectivity index (χ3n) is 2.17. The predicted octanol–water partition coefficient (Wildman–Crippen LogP) is 2.95. The Morgan fingerprint density at radius 1 is 1.44 bits per heavy atom. The second kappa shape index (κ2) is 5.34. The molecular weight excluding hydrogens is 222 g/mol. The van der Waals surface area contributed by atoms with Crippen LogP contribution in [0.2, 0.25) is 0 Å². The molecule has 1 rings (SSSR count). The molecule has 0 atom stereocenters. The Labute approximate surface area is 100 Å². The first-order chi connectivity index (χ1) is 7.39. The van der Waals surface area contributed by atoms with Gasteiger partial charge in [0.05, 0.1) is 11.4 Å².